The Balaban J connectivity index is 2.17. The average Bonchev–Trinajstić information content (AvgIpc) is 2.80. The number of fused-ring (bicyclic) bond motifs is 1. The number of carbonyl (C=O) groups excluding carboxylic acids is 1. The Bertz CT molecular complexity index is 446. The maximum absolute atomic E-state index is 12.1. The van der Waals surface area contributed by atoms with Crippen molar-refractivity contribution in [1.82, 2.24) is 5.32 Å². The Kier molecular flexibility index (Phi) is 4.52. The molecular formula is C15H29NO5Si. The van der Waals surface area contributed by atoms with Gasteiger partial charge in [0.05, 0.1) is 18.8 Å². The van der Waals surface area contributed by atoms with E-state index in [1.54, 1.807) is 13.8 Å². The van der Waals surface area contributed by atoms with Gasteiger partial charge in [0, 0.05) is 0 Å². The summed E-state index contributed by atoms with van der Waals surface area (Å²) in [4.78, 5) is 12.1. The van der Waals surface area contributed by atoms with Crippen molar-refractivity contribution in [3.63, 3.8) is 0 Å². The molecule has 0 radical (unpaired) electrons. The molecule has 0 saturated carbocycles. The molecule has 4 atom stereocenters. The fourth-order valence-electron chi connectivity index (χ4n) is 2.67. The summed E-state index contributed by atoms with van der Waals surface area (Å²) in [6, 6.07) is -0.390. The van der Waals surface area contributed by atoms with Gasteiger partial charge in [-0.2, -0.15) is 0 Å². The summed E-state index contributed by atoms with van der Waals surface area (Å²) in [5, 5.41) is 12.7. The molecule has 6 nitrogen and oxygen atoms in total. The molecule has 2 rings (SSSR count). The van der Waals surface area contributed by atoms with Gasteiger partial charge < -0.3 is 24.3 Å². The second-order valence-corrected chi connectivity index (χ2v) is 12.9. The number of hydrogen-bond acceptors (Lipinski definition) is 5. The lowest BCUT2D eigenvalue weighted by Crippen LogP contribution is -2.54. The molecule has 1 amide bonds. The zero-order valence-corrected chi connectivity index (χ0v) is 15.6. The van der Waals surface area contributed by atoms with Crippen molar-refractivity contribution in [3.8, 4) is 0 Å². The van der Waals surface area contributed by atoms with E-state index in [1.807, 2.05) is 0 Å². The van der Waals surface area contributed by atoms with Gasteiger partial charge in [0.25, 0.3) is 5.91 Å². The summed E-state index contributed by atoms with van der Waals surface area (Å²) in [5.41, 5.74) is 0. The molecular weight excluding hydrogens is 302 g/mol. The van der Waals surface area contributed by atoms with Crippen LogP contribution in [-0.2, 0) is 18.7 Å². The highest BCUT2D eigenvalue weighted by molar-refractivity contribution is 6.74. The average molecular weight is 331 g/mol. The Morgan fingerprint density at radius 2 is 1.95 bits per heavy atom. The maximum Gasteiger partial charge on any atom is 0.252 e. The van der Waals surface area contributed by atoms with Crippen LogP contribution in [0.3, 0.4) is 0 Å². The highest BCUT2D eigenvalue weighted by Gasteiger charge is 2.56. The maximum atomic E-state index is 12.1. The summed E-state index contributed by atoms with van der Waals surface area (Å²) in [7, 11) is -2.07. The number of amides is 1. The van der Waals surface area contributed by atoms with E-state index in [9.17, 15) is 9.90 Å². The van der Waals surface area contributed by atoms with Gasteiger partial charge in [0.15, 0.2) is 20.2 Å². The molecule has 0 unspecified atom stereocenters. The lowest BCUT2D eigenvalue weighted by molar-refractivity contribution is -0.165. The fraction of sp³-hybridized carbons (Fsp3) is 0.933. The third kappa shape index (κ3) is 3.23. The van der Waals surface area contributed by atoms with E-state index in [-0.39, 0.29) is 17.6 Å². The molecule has 7 heteroatoms. The minimum atomic E-state index is -2.07. The van der Waals surface area contributed by atoms with Crippen LogP contribution in [0.4, 0.5) is 0 Å². The highest BCUT2D eigenvalue weighted by Crippen LogP contribution is 2.40. The van der Waals surface area contributed by atoms with Gasteiger partial charge in [0.2, 0.25) is 0 Å². The van der Waals surface area contributed by atoms with Gasteiger partial charge in [0.1, 0.15) is 6.10 Å². The third-order valence-corrected chi connectivity index (χ3v) is 9.39. The minimum Gasteiger partial charge on any atom is -0.409 e. The first kappa shape index (κ1) is 17.9. The van der Waals surface area contributed by atoms with Crippen molar-refractivity contribution >= 4 is 14.2 Å². The second-order valence-electron chi connectivity index (χ2n) is 8.15. The number of aliphatic hydroxyl groups is 1. The van der Waals surface area contributed by atoms with Crippen LogP contribution in [0.1, 0.15) is 34.6 Å². The lowest BCUT2D eigenvalue weighted by Gasteiger charge is -2.41. The van der Waals surface area contributed by atoms with Gasteiger partial charge >= 0.3 is 0 Å². The summed E-state index contributed by atoms with van der Waals surface area (Å²) >= 11 is 0. The van der Waals surface area contributed by atoms with Crippen LogP contribution in [0.15, 0.2) is 0 Å². The Morgan fingerprint density at radius 3 is 2.45 bits per heavy atom. The van der Waals surface area contributed by atoms with E-state index in [0.29, 0.717) is 0 Å². The van der Waals surface area contributed by atoms with Gasteiger partial charge in [-0.25, -0.2) is 0 Å². The van der Waals surface area contributed by atoms with Crippen LogP contribution in [0.2, 0.25) is 18.1 Å². The van der Waals surface area contributed by atoms with Crippen molar-refractivity contribution < 1.29 is 23.8 Å². The summed E-state index contributed by atoms with van der Waals surface area (Å²) in [6.45, 7) is 14.1. The fourth-order valence-corrected chi connectivity index (χ4v) is 4.00. The number of carbonyl (C=O) groups is 1. The zero-order valence-electron chi connectivity index (χ0n) is 14.6. The standard InChI is InChI=1S/C15H29NO5Si/c1-14(2,3)22(6,7)21-9(8-17)10-11-12(13(18)16-10)20-15(4,5)19-11/h9-12,17H,8H2,1-7H3,(H,16,18)/t9-,10-,11-,12-/m0/s1. The van der Waals surface area contributed by atoms with E-state index in [4.69, 9.17) is 13.9 Å². The van der Waals surface area contributed by atoms with Crippen molar-refractivity contribution in [3.05, 3.63) is 0 Å². The summed E-state index contributed by atoms with van der Waals surface area (Å²) < 4.78 is 17.8. The topological polar surface area (TPSA) is 77.0 Å². The zero-order chi connectivity index (χ0) is 16.9. The van der Waals surface area contributed by atoms with Crippen molar-refractivity contribution in [2.45, 2.75) is 82.9 Å². The number of ether oxygens (including phenoxy) is 2. The number of aliphatic hydroxyl groups excluding tert-OH is 1. The van der Waals surface area contributed by atoms with Crippen LogP contribution in [-0.4, -0.2) is 56.1 Å². The first-order chi connectivity index (χ1) is 9.88. The van der Waals surface area contributed by atoms with Crippen LogP contribution in [0.5, 0.6) is 0 Å². The first-order valence-electron chi connectivity index (χ1n) is 7.83. The van der Waals surface area contributed by atoms with E-state index in [1.165, 1.54) is 0 Å². The quantitative estimate of drug-likeness (QED) is 0.761. The molecule has 0 spiro atoms. The molecule has 0 aromatic carbocycles. The Labute approximate surface area is 133 Å². The first-order valence-corrected chi connectivity index (χ1v) is 10.7. The smallest absolute Gasteiger partial charge is 0.252 e. The van der Waals surface area contributed by atoms with E-state index >= 15 is 0 Å². The monoisotopic (exact) mass is 331 g/mol. The number of rotatable bonds is 4. The van der Waals surface area contributed by atoms with E-state index in [2.05, 4.69) is 39.2 Å². The number of nitrogens with one attached hydrogen (secondary N) is 1. The molecule has 0 aromatic rings. The van der Waals surface area contributed by atoms with Crippen LogP contribution in [0, 0.1) is 0 Å². The molecule has 2 heterocycles. The highest BCUT2D eigenvalue weighted by atomic mass is 28.4. The van der Waals surface area contributed by atoms with Crippen molar-refractivity contribution in [2.75, 3.05) is 6.61 Å². The summed E-state index contributed by atoms with van der Waals surface area (Å²) in [6.07, 6.45) is -1.54. The Morgan fingerprint density at radius 1 is 1.36 bits per heavy atom. The Hall–Kier alpha value is -0.473. The predicted octanol–water partition coefficient (Wildman–Crippen LogP) is 1.39. The van der Waals surface area contributed by atoms with E-state index < -0.39 is 38.5 Å². The largest absolute Gasteiger partial charge is 0.409 e. The third-order valence-electron chi connectivity index (χ3n) is 4.88. The molecule has 2 fully saturated rings. The lowest BCUT2D eigenvalue weighted by atomic mass is 10.1. The van der Waals surface area contributed by atoms with Gasteiger partial charge in [-0.15, -0.1) is 0 Å². The second kappa shape index (κ2) is 5.56. The molecule has 2 aliphatic heterocycles. The van der Waals surface area contributed by atoms with E-state index in [0.717, 1.165) is 0 Å². The van der Waals surface area contributed by atoms with Crippen molar-refractivity contribution in [2.24, 2.45) is 0 Å². The molecule has 2 N–H and O–H groups in total. The molecule has 0 aromatic heterocycles. The van der Waals surface area contributed by atoms with Crippen LogP contribution >= 0.6 is 0 Å². The molecule has 22 heavy (non-hydrogen) atoms. The minimum absolute atomic E-state index is 0.0226. The molecule has 0 aliphatic carbocycles. The normalized spacial score (nSPS) is 32.7. The van der Waals surface area contributed by atoms with Gasteiger partial charge in [-0.1, -0.05) is 20.8 Å². The SMILES string of the molecule is CC1(C)O[C@H]2[C@H]([C@H](CO)O[Si](C)(C)C(C)(C)C)NC(=O)[C@H]2O1. The molecule has 128 valence electrons. The van der Waals surface area contributed by atoms with Gasteiger partial charge in [-0.05, 0) is 32.0 Å². The van der Waals surface area contributed by atoms with Gasteiger partial charge in [-0.3, -0.25) is 4.79 Å². The molecule has 2 saturated heterocycles. The van der Waals surface area contributed by atoms with Crippen LogP contribution in [0.25, 0.3) is 0 Å². The molecule has 2 aliphatic rings. The van der Waals surface area contributed by atoms with Crippen LogP contribution < -0.4 is 5.32 Å². The van der Waals surface area contributed by atoms with Crippen molar-refractivity contribution in [1.29, 1.82) is 0 Å². The predicted molar refractivity (Wildman–Crippen MR) is 84.9 cm³/mol. The molecule has 0 bridgehead atoms. The summed E-state index contributed by atoms with van der Waals surface area (Å²) in [5.74, 6) is -0.986. The number of hydrogen-bond donors (Lipinski definition) is 2.